The number of fused-ring (bicyclic) bond motifs is 1. The zero-order chi connectivity index (χ0) is 16.4. The summed E-state index contributed by atoms with van der Waals surface area (Å²) in [4.78, 5) is 13.8. The van der Waals surface area contributed by atoms with Gasteiger partial charge in [0.15, 0.2) is 0 Å². The predicted molar refractivity (Wildman–Crippen MR) is 91.3 cm³/mol. The Hall–Kier alpha value is -2.14. The first-order chi connectivity index (χ1) is 11.8. The normalized spacial score (nSPS) is 20.9. The van der Waals surface area contributed by atoms with Crippen LogP contribution in [0.5, 0.6) is 0 Å². The lowest BCUT2D eigenvalue weighted by Crippen LogP contribution is -2.42. The Balaban J connectivity index is 1.50. The Morgan fingerprint density at radius 1 is 1.25 bits per heavy atom. The number of hydrogen-bond donors (Lipinski definition) is 0. The minimum atomic E-state index is 0.122. The van der Waals surface area contributed by atoms with Gasteiger partial charge in [-0.2, -0.15) is 5.10 Å². The summed E-state index contributed by atoms with van der Waals surface area (Å²) < 4.78 is 7.29. The van der Waals surface area contributed by atoms with E-state index in [1.54, 1.807) is 0 Å². The van der Waals surface area contributed by atoms with Crippen molar-refractivity contribution in [3.8, 4) is 5.69 Å². The molecule has 2 aromatic rings. The Morgan fingerprint density at radius 2 is 2.12 bits per heavy atom. The van der Waals surface area contributed by atoms with E-state index in [-0.39, 0.29) is 12.5 Å². The molecule has 4 rings (SSSR count). The summed E-state index contributed by atoms with van der Waals surface area (Å²) in [6.07, 6.45) is 6.50. The summed E-state index contributed by atoms with van der Waals surface area (Å²) >= 11 is 0. The van der Waals surface area contributed by atoms with Crippen LogP contribution in [-0.2, 0) is 16.0 Å². The van der Waals surface area contributed by atoms with Gasteiger partial charge in [0.05, 0.1) is 18.5 Å². The zero-order valence-electron chi connectivity index (χ0n) is 13.9. The lowest BCUT2D eigenvalue weighted by molar-refractivity contribution is -0.142. The highest BCUT2D eigenvalue weighted by Crippen LogP contribution is 2.35. The van der Waals surface area contributed by atoms with E-state index in [1.165, 1.54) is 24.1 Å². The van der Waals surface area contributed by atoms with Crippen LogP contribution in [0.15, 0.2) is 36.5 Å². The number of para-hydroxylation sites is 1. The topological polar surface area (TPSA) is 47.4 Å². The molecule has 0 radical (unpaired) electrons. The Bertz CT molecular complexity index is 711. The molecule has 5 heteroatoms. The summed E-state index contributed by atoms with van der Waals surface area (Å²) in [6, 6.07) is 10.3. The van der Waals surface area contributed by atoms with Crippen molar-refractivity contribution in [3.05, 3.63) is 47.8 Å². The van der Waals surface area contributed by atoms with Crippen LogP contribution >= 0.6 is 0 Å². The van der Waals surface area contributed by atoms with E-state index in [1.807, 2.05) is 29.3 Å². The van der Waals surface area contributed by atoms with E-state index >= 15 is 0 Å². The fourth-order valence-electron chi connectivity index (χ4n) is 3.84. The molecule has 0 N–H and O–H groups in total. The van der Waals surface area contributed by atoms with E-state index in [9.17, 15) is 4.79 Å². The van der Waals surface area contributed by atoms with Crippen LogP contribution < -0.4 is 0 Å². The maximum atomic E-state index is 11.9. The minimum absolute atomic E-state index is 0.122. The van der Waals surface area contributed by atoms with Crippen LogP contribution in [0.1, 0.15) is 36.4 Å². The number of benzene rings is 1. The van der Waals surface area contributed by atoms with Crippen molar-refractivity contribution in [1.29, 1.82) is 0 Å². The van der Waals surface area contributed by atoms with Gasteiger partial charge in [0.25, 0.3) is 0 Å². The van der Waals surface area contributed by atoms with Gasteiger partial charge in [0.1, 0.15) is 6.61 Å². The summed E-state index contributed by atoms with van der Waals surface area (Å²) in [5, 5.41) is 4.64. The Kier molecular flexibility index (Phi) is 4.34. The van der Waals surface area contributed by atoms with Crippen molar-refractivity contribution in [2.24, 2.45) is 0 Å². The summed E-state index contributed by atoms with van der Waals surface area (Å²) in [7, 11) is 0. The third kappa shape index (κ3) is 2.96. The third-order valence-corrected chi connectivity index (χ3v) is 5.14. The first-order valence-corrected chi connectivity index (χ1v) is 8.80. The smallest absolute Gasteiger partial charge is 0.248 e. The number of ether oxygens (including phenoxy) is 1. The molecule has 1 fully saturated rings. The number of amides is 1. The fraction of sp³-hybridized carbons (Fsp3) is 0.474. The van der Waals surface area contributed by atoms with Crippen LogP contribution in [0.25, 0.3) is 5.69 Å². The Labute approximate surface area is 142 Å². The van der Waals surface area contributed by atoms with Gasteiger partial charge in [-0.1, -0.05) is 18.2 Å². The summed E-state index contributed by atoms with van der Waals surface area (Å²) in [5.41, 5.74) is 3.83. The fourth-order valence-corrected chi connectivity index (χ4v) is 3.84. The molecule has 1 atom stereocenters. The third-order valence-electron chi connectivity index (χ3n) is 5.14. The molecule has 1 aliphatic heterocycles. The van der Waals surface area contributed by atoms with Gasteiger partial charge in [-0.05, 0) is 49.3 Å². The standard InChI is InChI=1S/C19H23N3O2/c23-19-14-24-12-11-21(19)10-9-15-5-4-8-18-17(15)13-20-22(18)16-6-2-1-3-7-16/h1-3,6-7,13,15H,4-5,8-12,14H2. The molecule has 2 aliphatic rings. The monoisotopic (exact) mass is 325 g/mol. The molecule has 1 aromatic heterocycles. The predicted octanol–water partition coefficient (Wildman–Crippen LogP) is 2.54. The van der Waals surface area contributed by atoms with Crippen LogP contribution in [-0.4, -0.2) is 46.9 Å². The molecule has 0 saturated carbocycles. The van der Waals surface area contributed by atoms with Crippen molar-refractivity contribution < 1.29 is 9.53 Å². The van der Waals surface area contributed by atoms with Gasteiger partial charge in [-0.15, -0.1) is 0 Å². The highest BCUT2D eigenvalue weighted by Gasteiger charge is 2.26. The van der Waals surface area contributed by atoms with Crippen molar-refractivity contribution in [2.75, 3.05) is 26.3 Å². The average Bonchev–Trinajstić information content (AvgIpc) is 3.06. The van der Waals surface area contributed by atoms with E-state index in [0.717, 1.165) is 31.6 Å². The zero-order valence-corrected chi connectivity index (χ0v) is 13.9. The summed E-state index contributed by atoms with van der Waals surface area (Å²) in [6.45, 7) is 2.44. The molecular formula is C19H23N3O2. The lowest BCUT2D eigenvalue weighted by atomic mass is 9.84. The number of hydrogen-bond acceptors (Lipinski definition) is 3. The van der Waals surface area contributed by atoms with Gasteiger partial charge >= 0.3 is 0 Å². The van der Waals surface area contributed by atoms with Crippen LogP contribution in [0.3, 0.4) is 0 Å². The maximum absolute atomic E-state index is 11.9. The minimum Gasteiger partial charge on any atom is -0.370 e. The van der Waals surface area contributed by atoms with Crippen molar-refractivity contribution in [1.82, 2.24) is 14.7 Å². The number of rotatable bonds is 4. The van der Waals surface area contributed by atoms with Gasteiger partial charge in [0, 0.05) is 18.8 Å². The molecule has 1 amide bonds. The second kappa shape index (κ2) is 6.77. The SMILES string of the molecule is O=C1COCCN1CCC1CCCc2c1cnn2-c1ccccc1. The Morgan fingerprint density at radius 3 is 2.96 bits per heavy atom. The van der Waals surface area contributed by atoms with E-state index in [4.69, 9.17) is 4.74 Å². The highest BCUT2D eigenvalue weighted by atomic mass is 16.5. The maximum Gasteiger partial charge on any atom is 0.248 e. The second-order valence-electron chi connectivity index (χ2n) is 6.61. The average molecular weight is 325 g/mol. The molecule has 1 aromatic carbocycles. The lowest BCUT2D eigenvalue weighted by Gasteiger charge is -2.30. The van der Waals surface area contributed by atoms with E-state index < -0.39 is 0 Å². The van der Waals surface area contributed by atoms with Gasteiger partial charge in [0.2, 0.25) is 5.91 Å². The molecule has 126 valence electrons. The largest absolute Gasteiger partial charge is 0.370 e. The number of aromatic nitrogens is 2. The quantitative estimate of drug-likeness (QED) is 0.868. The molecule has 24 heavy (non-hydrogen) atoms. The van der Waals surface area contributed by atoms with Crippen LogP contribution in [0.4, 0.5) is 0 Å². The van der Waals surface area contributed by atoms with Crippen LogP contribution in [0, 0.1) is 0 Å². The molecule has 1 aliphatic carbocycles. The van der Waals surface area contributed by atoms with Crippen molar-refractivity contribution >= 4 is 5.91 Å². The molecule has 1 unspecified atom stereocenters. The van der Waals surface area contributed by atoms with E-state index in [0.29, 0.717) is 12.5 Å². The molecule has 5 nitrogen and oxygen atoms in total. The van der Waals surface area contributed by atoms with Gasteiger partial charge in [-0.3, -0.25) is 4.79 Å². The summed E-state index contributed by atoms with van der Waals surface area (Å²) in [5.74, 6) is 0.624. The molecule has 0 bridgehead atoms. The number of nitrogens with zero attached hydrogens (tertiary/aromatic N) is 3. The van der Waals surface area contributed by atoms with Gasteiger partial charge < -0.3 is 9.64 Å². The molecule has 0 spiro atoms. The number of carbonyl (C=O) groups is 1. The second-order valence-corrected chi connectivity index (χ2v) is 6.61. The first kappa shape index (κ1) is 15.4. The van der Waals surface area contributed by atoms with Crippen molar-refractivity contribution in [3.63, 3.8) is 0 Å². The number of carbonyl (C=O) groups excluding carboxylic acids is 1. The molecule has 2 heterocycles. The van der Waals surface area contributed by atoms with Crippen LogP contribution in [0.2, 0.25) is 0 Å². The first-order valence-electron chi connectivity index (χ1n) is 8.80. The number of morpholine rings is 1. The van der Waals surface area contributed by atoms with Gasteiger partial charge in [-0.25, -0.2) is 4.68 Å². The molecule has 1 saturated heterocycles. The van der Waals surface area contributed by atoms with Crippen molar-refractivity contribution in [2.45, 2.75) is 31.6 Å². The molecular weight excluding hydrogens is 302 g/mol. The highest BCUT2D eigenvalue weighted by molar-refractivity contribution is 5.77. The van der Waals surface area contributed by atoms with E-state index in [2.05, 4.69) is 21.9 Å².